The van der Waals surface area contributed by atoms with Crippen LogP contribution >= 0.6 is 11.6 Å². The van der Waals surface area contributed by atoms with Gasteiger partial charge in [0.15, 0.2) is 5.65 Å². The minimum absolute atomic E-state index is 0.0261. The molecule has 8 nitrogen and oxygen atoms in total. The molecule has 0 fully saturated rings. The zero-order chi connectivity index (χ0) is 27.6. The smallest absolute Gasteiger partial charge is 0.475 e. The summed E-state index contributed by atoms with van der Waals surface area (Å²) < 4.78 is 33.8. The maximum absolute atomic E-state index is 11.5. The van der Waals surface area contributed by atoms with Crippen LogP contribution in [0, 0.1) is 0 Å². The van der Waals surface area contributed by atoms with E-state index in [4.69, 9.17) is 32.2 Å². The van der Waals surface area contributed by atoms with E-state index < -0.39 is 18.1 Å². The molecular formula is C26H19ClF3N5O3. The summed E-state index contributed by atoms with van der Waals surface area (Å²) in [7, 11) is 0. The summed E-state index contributed by atoms with van der Waals surface area (Å²) in [4.78, 5) is 34.1. The molecule has 1 unspecified atom stereocenters. The number of carboxylic acid groups (broad SMARTS) is 1. The molecule has 12 heteroatoms. The summed E-state index contributed by atoms with van der Waals surface area (Å²) >= 11 is 6.23. The van der Waals surface area contributed by atoms with E-state index in [1.807, 2.05) is 30.6 Å². The number of hydrogen-bond acceptors (Lipinski definition) is 5. The molecule has 0 radical (unpaired) electrons. The molecule has 2 aromatic carbocycles. The van der Waals surface area contributed by atoms with Gasteiger partial charge in [-0.2, -0.15) is 13.2 Å². The van der Waals surface area contributed by atoms with Crippen molar-refractivity contribution in [3.05, 3.63) is 89.3 Å². The largest absolute Gasteiger partial charge is 0.490 e. The average molecular weight is 542 g/mol. The molecule has 0 aliphatic carbocycles. The summed E-state index contributed by atoms with van der Waals surface area (Å²) in [6.45, 7) is 2.12. The zero-order valence-corrected chi connectivity index (χ0v) is 20.4. The Morgan fingerprint density at radius 2 is 1.74 bits per heavy atom. The number of carbonyl (C=O) groups is 2. The number of benzene rings is 2. The molecule has 0 saturated carbocycles. The van der Waals surface area contributed by atoms with E-state index in [-0.39, 0.29) is 11.6 Å². The molecule has 1 amide bonds. The van der Waals surface area contributed by atoms with Crippen LogP contribution in [-0.4, -0.2) is 42.7 Å². The zero-order valence-electron chi connectivity index (χ0n) is 19.6. The van der Waals surface area contributed by atoms with Crippen LogP contribution in [0.25, 0.3) is 33.3 Å². The predicted molar refractivity (Wildman–Crippen MR) is 136 cm³/mol. The van der Waals surface area contributed by atoms with Crippen molar-refractivity contribution in [3.63, 3.8) is 0 Å². The Morgan fingerprint density at radius 3 is 2.39 bits per heavy atom. The van der Waals surface area contributed by atoms with Gasteiger partial charge in [-0.25, -0.2) is 14.8 Å². The van der Waals surface area contributed by atoms with Crippen LogP contribution in [0.1, 0.15) is 28.9 Å². The number of aromatic nitrogens is 4. The van der Waals surface area contributed by atoms with Crippen molar-refractivity contribution in [1.29, 1.82) is 0 Å². The fourth-order valence-corrected chi connectivity index (χ4v) is 4.02. The lowest BCUT2D eigenvalue weighted by molar-refractivity contribution is -0.192. The van der Waals surface area contributed by atoms with Crippen LogP contribution in [-0.2, 0) is 4.79 Å². The molecule has 0 bridgehead atoms. The van der Waals surface area contributed by atoms with Crippen molar-refractivity contribution in [3.8, 4) is 11.3 Å². The Labute approximate surface area is 218 Å². The lowest BCUT2D eigenvalue weighted by Crippen LogP contribution is -2.21. The van der Waals surface area contributed by atoms with Gasteiger partial charge in [0.2, 0.25) is 5.91 Å². The quantitative estimate of drug-likeness (QED) is 0.303. The molecule has 38 heavy (non-hydrogen) atoms. The first-order valence-corrected chi connectivity index (χ1v) is 11.4. The topological polar surface area (TPSA) is 124 Å². The first-order chi connectivity index (χ1) is 18.0. The van der Waals surface area contributed by atoms with E-state index in [0.717, 1.165) is 38.9 Å². The molecule has 194 valence electrons. The number of carbonyl (C=O) groups excluding carboxylic acids is 1. The first kappa shape index (κ1) is 26.6. The van der Waals surface area contributed by atoms with Gasteiger partial charge in [-0.3, -0.25) is 9.78 Å². The number of nitrogens with zero attached hydrogens (tertiary/aromatic N) is 4. The highest BCUT2D eigenvalue weighted by Crippen LogP contribution is 2.29. The lowest BCUT2D eigenvalue weighted by Gasteiger charge is -2.15. The minimum Gasteiger partial charge on any atom is -0.475 e. The van der Waals surface area contributed by atoms with Gasteiger partial charge in [-0.15, -0.1) is 0 Å². The van der Waals surface area contributed by atoms with Crippen molar-refractivity contribution < 1.29 is 27.9 Å². The van der Waals surface area contributed by atoms with E-state index in [1.54, 1.807) is 24.4 Å². The number of imidazole rings is 1. The summed E-state index contributed by atoms with van der Waals surface area (Å²) in [6.07, 6.45) is -1.48. The Kier molecular flexibility index (Phi) is 7.31. The molecule has 0 aliphatic heterocycles. The van der Waals surface area contributed by atoms with Gasteiger partial charge >= 0.3 is 12.1 Å². The van der Waals surface area contributed by atoms with Crippen molar-refractivity contribution >= 4 is 45.5 Å². The summed E-state index contributed by atoms with van der Waals surface area (Å²) in [5.74, 6) is -3.31. The van der Waals surface area contributed by atoms with Crippen LogP contribution in [0.2, 0.25) is 5.02 Å². The number of amides is 1. The summed E-state index contributed by atoms with van der Waals surface area (Å²) in [5, 5.41) is 8.52. The summed E-state index contributed by atoms with van der Waals surface area (Å²) in [5.41, 5.74) is 10.9. The highest BCUT2D eigenvalue weighted by atomic mass is 35.5. The molecule has 5 rings (SSSR count). The number of nitrogens with two attached hydrogens (primary N) is 1. The second kappa shape index (κ2) is 10.5. The standard InChI is InChI=1S/C24H18ClN5O.C2HF3O2/c1-14(15-5-7-20-16(11-15)3-2-10-27-20)30-13-28-22-9-8-21(29-24(22)30)17-4-6-18(23(26)31)19(25)12-17;3-2(4,5)1(6)7/h2-14H,1H3,(H2,26,31);(H,6,7). The fraction of sp³-hybridized carbons (Fsp3) is 0.115. The molecule has 1 atom stereocenters. The van der Waals surface area contributed by atoms with Crippen LogP contribution in [0.15, 0.2) is 73.2 Å². The number of primary amides is 1. The molecule has 0 saturated heterocycles. The van der Waals surface area contributed by atoms with E-state index in [2.05, 4.69) is 39.7 Å². The summed E-state index contributed by atoms with van der Waals surface area (Å²) in [6, 6.07) is 19.2. The van der Waals surface area contributed by atoms with Crippen molar-refractivity contribution in [2.24, 2.45) is 5.73 Å². The van der Waals surface area contributed by atoms with Gasteiger partial charge in [0.05, 0.1) is 34.2 Å². The first-order valence-electron chi connectivity index (χ1n) is 11.0. The number of pyridine rings is 2. The van der Waals surface area contributed by atoms with E-state index in [9.17, 15) is 18.0 Å². The van der Waals surface area contributed by atoms with E-state index in [0.29, 0.717) is 5.02 Å². The Balaban J connectivity index is 0.000000426. The Hall–Kier alpha value is -4.51. The number of aliphatic carboxylic acids is 1. The number of alkyl halides is 3. The number of hydrogen-bond donors (Lipinski definition) is 2. The molecule has 3 aromatic heterocycles. The minimum atomic E-state index is -5.08. The third-order valence-electron chi connectivity index (χ3n) is 5.72. The average Bonchev–Trinajstić information content (AvgIpc) is 3.30. The highest BCUT2D eigenvalue weighted by Gasteiger charge is 2.38. The van der Waals surface area contributed by atoms with Crippen molar-refractivity contribution in [1.82, 2.24) is 19.5 Å². The van der Waals surface area contributed by atoms with E-state index >= 15 is 0 Å². The van der Waals surface area contributed by atoms with Gasteiger partial charge in [-0.05, 0) is 55.0 Å². The maximum atomic E-state index is 11.5. The number of fused-ring (bicyclic) bond motifs is 2. The monoisotopic (exact) mass is 541 g/mol. The molecule has 3 heterocycles. The second-order valence-electron chi connectivity index (χ2n) is 8.18. The Morgan fingerprint density at radius 1 is 1.03 bits per heavy atom. The fourth-order valence-electron chi connectivity index (χ4n) is 3.74. The van der Waals surface area contributed by atoms with Gasteiger partial charge in [0.25, 0.3) is 0 Å². The van der Waals surface area contributed by atoms with Crippen molar-refractivity contribution in [2.45, 2.75) is 19.1 Å². The van der Waals surface area contributed by atoms with Crippen LogP contribution in [0.4, 0.5) is 13.2 Å². The molecule has 0 aliphatic rings. The molecule has 0 spiro atoms. The molecule has 3 N–H and O–H groups in total. The van der Waals surface area contributed by atoms with Crippen molar-refractivity contribution in [2.75, 3.05) is 0 Å². The SMILES string of the molecule is CC(c1ccc2ncccc2c1)n1cnc2ccc(-c3ccc(C(N)=O)c(Cl)c3)nc21.O=C(O)C(F)(F)F. The normalized spacial score (nSPS) is 12.1. The highest BCUT2D eigenvalue weighted by molar-refractivity contribution is 6.34. The number of carboxylic acids is 1. The van der Waals surface area contributed by atoms with Gasteiger partial charge < -0.3 is 15.4 Å². The second-order valence-corrected chi connectivity index (χ2v) is 8.59. The third kappa shape index (κ3) is 5.57. The predicted octanol–water partition coefficient (Wildman–Crippen LogP) is 5.64. The number of rotatable bonds is 4. The van der Waals surface area contributed by atoms with Crippen LogP contribution < -0.4 is 5.73 Å². The molecule has 5 aromatic rings. The number of halogens is 4. The van der Waals surface area contributed by atoms with E-state index in [1.165, 1.54) is 0 Å². The van der Waals surface area contributed by atoms with Crippen LogP contribution in [0.3, 0.4) is 0 Å². The van der Waals surface area contributed by atoms with Gasteiger partial charge in [0, 0.05) is 17.1 Å². The molecular weight excluding hydrogens is 523 g/mol. The van der Waals surface area contributed by atoms with Gasteiger partial charge in [0.1, 0.15) is 5.52 Å². The third-order valence-corrected chi connectivity index (χ3v) is 6.03. The van der Waals surface area contributed by atoms with Gasteiger partial charge in [-0.1, -0.05) is 29.8 Å². The lowest BCUT2D eigenvalue weighted by atomic mass is 10.1. The Bertz CT molecular complexity index is 1670. The maximum Gasteiger partial charge on any atom is 0.490 e. The van der Waals surface area contributed by atoms with Crippen LogP contribution in [0.5, 0.6) is 0 Å².